The topological polar surface area (TPSA) is 99.1 Å². The highest BCUT2D eigenvalue weighted by Crippen LogP contribution is 2.51. The van der Waals surface area contributed by atoms with Crippen molar-refractivity contribution in [2.45, 2.75) is 56.8 Å². The van der Waals surface area contributed by atoms with Crippen molar-refractivity contribution in [3.05, 3.63) is 0 Å². The Labute approximate surface area is 127 Å². The summed E-state index contributed by atoms with van der Waals surface area (Å²) in [6.45, 7) is 0.736. The Hall–Kier alpha value is -1.63. The van der Waals surface area contributed by atoms with Gasteiger partial charge in [0.25, 0.3) is 0 Å². The molecule has 7 nitrogen and oxygen atoms in total. The first-order valence-corrected chi connectivity index (χ1v) is 7.64. The third kappa shape index (κ3) is 2.95. The van der Waals surface area contributed by atoms with Crippen molar-refractivity contribution in [3.63, 3.8) is 0 Å². The summed E-state index contributed by atoms with van der Waals surface area (Å²) < 4.78 is 15.7. The number of aliphatic hydroxyl groups excluding tert-OH is 1. The van der Waals surface area contributed by atoms with Gasteiger partial charge in [0, 0.05) is 12.8 Å². The highest BCUT2D eigenvalue weighted by Gasteiger charge is 2.54. The predicted octanol–water partition coefficient (Wildman–Crippen LogP) is 0.328. The molecule has 4 fully saturated rings. The second kappa shape index (κ2) is 5.53. The van der Waals surface area contributed by atoms with E-state index in [0.29, 0.717) is 18.8 Å². The van der Waals surface area contributed by atoms with E-state index in [0.717, 1.165) is 19.3 Å². The molecule has 5 atom stereocenters. The molecule has 7 heteroatoms. The van der Waals surface area contributed by atoms with Crippen LogP contribution in [0.3, 0.4) is 0 Å². The maximum Gasteiger partial charge on any atom is 0.344 e. The number of rotatable bonds is 4. The van der Waals surface area contributed by atoms with E-state index in [2.05, 4.69) is 4.74 Å². The van der Waals surface area contributed by atoms with E-state index in [9.17, 15) is 14.4 Å². The third-order valence-corrected chi connectivity index (χ3v) is 4.71. The van der Waals surface area contributed by atoms with Crippen LogP contribution in [0.15, 0.2) is 0 Å². The number of fused-ring (bicyclic) bond motifs is 1. The van der Waals surface area contributed by atoms with Gasteiger partial charge in [-0.05, 0) is 32.1 Å². The van der Waals surface area contributed by atoms with Crippen molar-refractivity contribution in [3.8, 4) is 0 Å². The summed E-state index contributed by atoms with van der Waals surface area (Å²) in [6, 6.07) is 0. The zero-order valence-electron chi connectivity index (χ0n) is 12.4. The Balaban J connectivity index is 1.63. The van der Waals surface area contributed by atoms with Crippen LogP contribution < -0.4 is 0 Å². The monoisotopic (exact) mass is 312 g/mol. The first kappa shape index (κ1) is 15.3. The van der Waals surface area contributed by atoms with E-state index in [4.69, 9.17) is 14.6 Å². The van der Waals surface area contributed by atoms with Crippen LogP contribution in [0.25, 0.3) is 0 Å². The molecule has 1 N–H and O–H groups in total. The molecule has 0 spiro atoms. The van der Waals surface area contributed by atoms with E-state index >= 15 is 0 Å². The third-order valence-electron chi connectivity index (χ3n) is 4.71. The Bertz CT molecular complexity index is 500. The van der Waals surface area contributed by atoms with Gasteiger partial charge in [-0.15, -0.1) is 0 Å². The van der Waals surface area contributed by atoms with Gasteiger partial charge in [0.1, 0.15) is 17.8 Å². The fraction of sp³-hybridized carbons (Fsp3) is 0.800. The van der Waals surface area contributed by atoms with Gasteiger partial charge in [-0.25, -0.2) is 9.59 Å². The maximum absolute atomic E-state index is 11.9. The molecule has 2 heterocycles. The second-order valence-corrected chi connectivity index (χ2v) is 6.65. The van der Waals surface area contributed by atoms with E-state index in [-0.39, 0.29) is 18.0 Å². The number of hydrogen-bond donors (Lipinski definition) is 1. The summed E-state index contributed by atoms with van der Waals surface area (Å²) in [4.78, 5) is 35.0. The Morgan fingerprint density at radius 1 is 1.36 bits per heavy atom. The van der Waals surface area contributed by atoms with Gasteiger partial charge in [-0.2, -0.15) is 0 Å². The Morgan fingerprint density at radius 3 is 2.86 bits per heavy atom. The average Bonchev–Trinajstić information content (AvgIpc) is 2.58. The van der Waals surface area contributed by atoms with Gasteiger partial charge in [-0.1, -0.05) is 0 Å². The average molecular weight is 312 g/mol. The quantitative estimate of drug-likeness (QED) is 0.590. The van der Waals surface area contributed by atoms with Crippen LogP contribution >= 0.6 is 0 Å². The molecular formula is C15H20O7. The molecule has 22 heavy (non-hydrogen) atoms. The van der Waals surface area contributed by atoms with Crippen molar-refractivity contribution in [1.29, 1.82) is 0 Å². The first-order chi connectivity index (χ1) is 10.4. The summed E-state index contributed by atoms with van der Waals surface area (Å²) in [5.41, 5.74) is -0.684. The molecule has 0 amide bonds. The van der Waals surface area contributed by atoms with Crippen LogP contribution in [0.4, 0.5) is 0 Å². The number of esters is 3. The molecule has 2 aliphatic heterocycles. The highest BCUT2D eigenvalue weighted by molar-refractivity contribution is 5.79. The predicted molar refractivity (Wildman–Crippen MR) is 71.4 cm³/mol. The Kier molecular flexibility index (Phi) is 3.84. The molecule has 2 aliphatic carbocycles. The largest absolute Gasteiger partial charge is 0.462 e. The minimum absolute atomic E-state index is 0.188. The van der Waals surface area contributed by atoms with E-state index in [1.807, 2.05) is 0 Å². The molecule has 122 valence electrons. The van der Waals surface area contributed by atoms with Gasteiger partial charge in [-0.3, -0.25) is 4.79 Å². The molecule has 4 rings (SSSR count). The summed E-state index contributed by atoms with van der Waals surface area (Å²) in [7, 11) is 0. The number of aliphatic hydroxyl groups is 1. The molecule has 0 aromatic carbocycles. The highest BCUT2D eigenvalue weighted by atomic mass is 16.6. The molecule has 2 saturated carbocycles. The van der Waals surface area contributed by atoms with Crippen molar-refractivity contribution >= 4 is 17.9 Å². The summed E-state index contributed by atoms with van der Waals surface area (Å²) in [5.74, 6) is -1.58. The fourth-order valence-electron chi connectivity index (χ4n) is 4.02. The smallest absolute Gasteiger partial charge is 0.344 e. The van der Waals surface area contributed by atoms with Crippen LogP contribution in [0.2, 0.25) is 0 Å². The zero-order chi connectivity index (χ0) is 15.9. The standard InChI is InChI=1S/C15H20O7/c1-8(16)13(18)20-7-12(17)22-15-4-9-2-10(5-15)14(19)21-11(3-9)6-15/h8-11,16H,2-7H2,1H3. The van der Waals surface area contributed by atoms with Gasteiger partial charge in [0.05, 0.1) is 5.92 Å². The molecule has 0 radical (unpaired) electrons. The number of hydrogen-bond acceptors (Lipinski definition) is 7. The summed E-state index contributed by atoms with van der Waals surface area (Å²) in [5, 5.41) is 9.02. The molecule has 5 unspecified atom stereocenters. The van der Waals surface area contributed by atoms with Gasteiger partial charge in [0.15, 0.2) is 6.61 Å². The molecule has 2 saturated heterocycles. The summed E-state index contributed by atoms with van der Waals surface area (Å²) in [6.07, 6.45) is 1.89. The minimum atomic E-state index is -1.28. The number of ether oxygens (including phenoxy) is 3. The van der Waals surface area contributed by atoms with Gasteiger partial charge < -0.3 is 19.3 Å². The molecular weight excluding hydrogens is 292 g/mol. The SMILES string of the molecule is CC(O)C(=O)OCC(=O)OC12CC3CC(C1)OC(=O)C(C3)C2. The van der Waals surface area contributed by atoms with E-state index in [1.165, 1.54) is 6.92 Å². The lowest BCUT2D eigenvalue weighted by Crippen LogP contribution is -2.48. The van der Waals surface area contributed by atoms with Crippen LogP contribution in [-0.2, 0) is 28.6 Å². The molecule has 0 aromatic heterocycles. The Morgan fingerprint density at radius 2 is 2.14 bits per heavy atom. The van der Waals surface area contributed by atoms with E-state index < -0.39 is 30.3 Å². The first-order valence-electron chi connectivity index (χ1n) is 7.64. The lowest BCUT2D eigenvalue weighted by atomic mass is 9.65. The van der Waals surface area contributed by atoms with Crippen LogP contribution in [0.1, 0.15) is 39.0 Å². The van der Waals surface area contributed by atoms with Crippen molar-refractivity contribution < 1.29 is 33.7 Å². The fourth-order valence-corrected chi connectivity index (χ4v) is 4.02. The van der Waals surface area contributed by atoms with Crippen LogP contribution in [0, 0.1) is 11.8 Å². The summed E-state index contributed by atoms with van der Waals surface area (Å²) >= 11 is 0. The van der Waals surface area contributed by atoms with Crippen LogP contribution in [0.5, 0.6) is 0 Å². The maximum atomic E-state index is 11.9. The lowest BCUT2D eigenvalue weighted by Gasteiger charge is -2.45. The minimum Gasteiger partial charge on any atom is -0.462 e. The van der Waals surface area contributed by atoms with Crippen molar-refractivity contribution in [2.75, 3.05) is 6.61 Å². The lowest BCUT2D eigenvalue weighted by molar-refractivity contribution is -0.183. The molecule has 4 aliphatic rings. The van der Waals surface area contributed by atoms with Crippen molar-refractivity contribution in [2.24, 2.45) is 11.8 Å². The number of carbonyl (C=O) groups excluding carboxylic acids is 3. The van der Waals surface area contributed by atoms with Crippen molar-refractivity contribution in [1.82, 2.24) is 0 Å². The normalized spacial score (nSPS) is 37.2. The van der Waals surface area contributed by atoms with Gasteiger partial charge >= 0.3 is 17.9 Å². The zero-order valence-corrected chi connectivity index (χ0v) is 12.4. The second-order valence-electron chi connectivity index (χ2n) is 6.65. The molecule has 0 aromatic rings. The number of carbonyl (C=O) groups is 3. The van der Waals surface area contributed by atoms with E-state index in [1.54, 1.807) is 0 Å². The van der Waals surface area contributed by atoms with Crippen LogP contribution in [-0.4, -0.2) is 47.4 Å². The molecule has 4 bridgehead atoms. The van der Waals surface area contributed by atoms with Gasteiger partial charge in [0.2, 0.25) is 0 Å².